The second kappa shape index (κ2) is 7.24. The minimum atomic E-state index is -0.187. The van der Waals surface area contributed by atoms with Gasteiger partial charge in [0, 0.05) is 13.1 Å². The monoisotopic (exact) mass is 284 g/mol. The number of ether oxygens (including phenoxy) is 1. The third kappa shape index (κ3) is 3.32. The summed E-state index contributed by atoms with van der Waals surface area (Å²) in [4.78, 5) is 14.1. The SMILES string of the molecule is CCOC(=O)C(CC)N1CCNc2ccccc21.Cl. The largest absolute Gasteiger partial charge is 0.464 e. The van der Waals surface area contributed by atoms with Gasteiger partial charge in [0.15, 0.2) is 0 Å². The van der Waals surface area contributed by atoms with Crippen LogP contribution in [0.4, 0.5) is 11.4 Å². The first-order chi connectivity index (χ1) is 8.77. The first kappa shape index (κ1) is 15.6. The smallest absolute Gasteiger partial charge is 0.328 e. The summed E-state index contributed by atoms with van der Waals surface area (Å²) in [7, 11) is 0. The molecule has 1 unspecified atom stereocenters. The molecule has 4 nitrogen and oxygen atoms in total. The quantitative estimate of drug-likeness (QED) is 0.863. The summed E-state index contributed by atoms with van der Waals surface area (Å²) in [6, 6.07) is 7.90. The van der Waals surface area contributed by atoms with Gasteiger partial charge in [-0.2, -0.15) is 0 Å². The fourth-order valence-electron chi connectivity index (χ4n) is 2.38. The van der Waals surface area contributed by atoms with Crippen molar-refractivity contribution >= 4 is 29.8 Å². The van der Waals surface area contributed by atoms with Crippen molar-refractivity contribution in [1.82, 2.24) is 0 Å². The number of anilines is 2. The number of benzene rings is 1. The summed E-state index contributed by atoms with van der Waals surface area (Å²) in [5.41, 5.74) is 2.18. The van der Waals surface area contributed by atoms with Crippen LogP contribution in [0.25, 0.3) is 0 Å². The molecule has 0 fully saturated rings. The van der Waals surface area contributed by atoms with Gasteiger partial charge in [-0.25, -0.2) is 4.79 Å². The Morgan fingerprint density at radius 1 is 1.42 bits per heavy atom. The van der Waals surface area contributed by atoms with Crippen LogP contribution < -0.4 is 10.2 Å². The van der Waals surface area contributed by atoms with E-state index in [2.05, 4.69) is 10.2 Å². The number of carbonyl (C=O) groups is 1. The molecule has 1 aliphatic rings. The van der Waals surface area contributed by atoms with Crippen molar-refractivity contribution in [2.24, 2.45) is 0 Å². The molecule has 0 bridgehead atoms. The molecular formula is C14H21ClN2O2. The van der Waals surface area contributed by atoms with Gasteiger partial charge in [-0.1, -0.05) is 19.1 Å². The van der Waals surface area contributed by atoms with Gasteiger partial charge in [0.1, 0.15) is 6.04 Å². The van der Waals surface area contributed by atoms with E-state index in [4.69, 9.17) is 4.74 Å². The lowest BCUT2D eigenvalue weighted by Gasteiger charge is -2.36. The lowest BCUT2D eigenvalue weighted by Crippen LogP contribution is -2.46. The van der Waals surface area contributed by atoms with Crippen LogP contribution in [-0.2, 0) is 9.53 Å². The number of rotatable bonds is 4. The Morgan fingerprint density at radius 3 is 2.84 bits per heavy atom. The molecule has 106 valence electrons. The van der Waals surface area contributed by atoms with Crippen LogP contribution in [0.15, 0.2) is 24.3 Å². The molecule has 0 saturated heterocycles. The van der Waals surface area contributed by atoms with Gasteiger partial charge >= 0.3 is 5.97 Å². The van der Waals surface area contributed by atoms with Crippen molar-refractivity contribution < 1.29 is 9.53 Å². The number of halogens is 1. The van der Waals surface area contributed by atoms with E-state index in [9.17, 15) is 4.79 Å². The zero-order valence-electron chi connectivity index (χ0n) is 11.4. The molecule has 1 atom stereocenters. The maximum Gasteiger partial charge on any atom is 0.328 e. The Kier molecular flexibility index (Phi) is 5.96. The van der Waals surface area contributed by atoms with Gasteiger partial charge in [-0.05, 0) is 25.5 Å². The van der Waals surface area contributed by atoms with Crippen molar-refractivity contribution in [2.45, 2.75) is 26.3 Å². The summed E-state index contributed by atoms with van der Waals surface area (Å²) in [6.45, 7) is 5.98. The van der Waals surface area contributed by atoms with E-state index in [1.807, 2.05) is 38.1 Å². The number of para-hydroxylation sites is 2. The highest BCUT2D eigenvalue weighted by Gasteiger charge is 2.28. The maximum atomic E-state index is 12.0. The van der Waals surface area contributed by atoms with Crippen LogP contribution in [0.5, 0.6) is 0 Å². The van der Waals surface area contributed by atoms with Crippen LogP contribution in [0, 0.1) is 0 Å². The van der Waals surface area contributed by atoms with E-state index in [0.717, 1.165) is 30.9 Å². The predicted octanol–water partition coefficient (Wildman–Crippen LogP) is 2.68. The first-order valence-corrected chi connectivity index (χ1v) is 6.54. The number of nitrogens with one attached hydrogen (secondary N) is 1. The standard InChI is InChI=1S/C14H20N2O2.ClH/c1-3-12(14(17)18-4-2)16-10-9-15-11-7-5-6-8-13(11)16;/h5-8,12,15H,3-4,9-10H2,1-2H3;1H. The third-order valence-electron chi connectivity index (χ3n) is 3.20. The van der Waals surface area contributed by atoms with E-state index in [0.29, 0.717) is 6.61 Å². The molecule has 0 spiro atoms. The predicted molar refractivity (Wildman–Crippen MR) is 80.2 cm³/mol. The summed E-state index contributed by atoms with van der Waals surface area (Å²) in [6.07, 6.45) is 0.757. The topological polar surface area (TPSA) is 41.6 Å². The van der Waals surface area contributed by atoms with E-state index >= 15 is 0 Å². The zero-order valence-corrected chi connectivity index (χ0v) is 12.2. The lowest BCUT2D eigenvalue weighted by atomic mass is 10.1. The van der Waals surface area contributed by atoms with E-state index < -0.39 is 0 Å². The molecule has 1 aromatic carbocycles. The molecule has 0 aromatic heterocycles. The Balaban J connectivity index is 0.00000180. The highest BCUT2D eigenvalue weighted by molar-refractivity contribution is 5.85. The fourth-order valence-corrected chi connectivity index (χ4v) is 2.38. The molecule has 1 aliphatic heterocycles. The first-order valence-electron chi connectivity index (χ1n) is 6.54. The van der Waals surface area contributed by atoms with E-state index in [1.165, 1.54) is 0 Å². The number of fused-ring (bicyclic) bond motifs is 1. The van der Waals surface area contributed by atoms with Crippen molar-refractivity contribution in [3.63, 3.8) is 0 Å². The van der Waals surface area contributed by atoms with Crippen LogP contribution in [-0.4, -0.2) is 31.7 Å². The minimum Gasteiger partial charge on any atom is -0.464 e. The van der Waals surface area contributed by atoms with Crippen molar-refractivity contribution in [2.75, 3.05) is 29.9 Å². The zero-order chi connectivity index (χ0) is 13.0. The van der Waals surface area contributed by atoms with E-state index in [-0.39, 0.29) is 24.4 Å². The number of hydrogen-bond acceptors (Lipinski definition) is 4. The Bertz CT molecular complexity index is 426. The second-order valence-electron chi connectivity index (χ2n) is 4.31. The highest BCUT2D eigenvalue weighted by Crippen LogP contribution is 2.30. The minimum absolute atomic E-state index is 0. The maximum absolute atomic E-state index is 12.0. The molecule has 5 heteroatoms. The highest BCUT2D eigenvalue weighted by atomic mass is 35.5. The Labute approximate surface area is 120 Å². The van der Waals surface area contributed by atoms with Crippen LogP contribution >= 0.6 is 12.4 Å². The number of esters is 1. The fraction of sp³-hybridized carbons (Fsp3) is 0.500. The van der Waals surface area contributed by atoms with Crippen molar-refractivity contribution in [3.8, 4) is 0 Å². The normalized spacial score (nSPS) is 14.7. The van der Waals surface area contributed by atoms with Crippen molar-refractivity contribution in [1.29, 1.82) is 0 Å². The van der Waals surface area contributed by atoms with Crippen molar-refractivity contribution in [3.05, 3.63) is 24.3 Å². The summed E-state index contributed by atoms with van der Waals surface area (Å²) >= 11 is 0. The molecule has 0 radical (unpaired) electrons. The summed E-state index contributed by atoms with van der Waals surface area (Å²) < 4.78 is 5.16. The average Bonchev–Trinajstić information content (AvgIpc) is 2.40. The number of carbonyl (C=O) groups excluding carboxylic acids is 1. The number of hydrogen-bond donors (Lipinski definition) is 1. The Hall–Kier alpha value is -1.42. The van der Waals surface area contributed by atoms with Gasteiger partial charge in [0.25, 0.3) is 0 Å². The Morgan fingerprint density at radius 2 is 2.16 bits per heavy atom. The van der Waals surface area contributed by atoms with Crippen LogP contribution in [0.2, 0.25) is 0 Å². The molecule has 0 aliphatic carbocycles. The molecule has 1 heterocycles. The molecule has 0 saturated carbocycles. The lowest BCUT2D eigenvalue weighted by molar-refractivity contribution is -0.144. The second-order valence-corrected chi connectivity index (χ2v) is 4.31. The van der Waals surface area contributed by atoms with Gasteiger partial charge in [0.05, 0.1) is 18.0 Å². The molecule has 19 heavy (non-hydrogen) atoms. The molecule has 0 amide bonds. The molecule has 2 rings (SSSR count). The van der Waals surface area contributed by atoms with Crippen LogP contribution in [0.3, 0.4) is 0 Å². The van der Waals surface area contributed by atoms with Gasteiger partial charge in [-0.3, -0.25) is 0 Å². The van der Waals surface area contributed by atoms with Gasteiger partial charge in [-0.15, -0.1) is 12.4 Å². The number of nitrogens with zero attached hydrogens (tertiary/aromatic N) is 1. The summed E-state index contributed by atoms with van der Waals surface area (Å²) in [5, 5.41) is 3.35. The van der Waals surface area contributed by atoms with E-state index in [1.54, 1.807) is 0 Å². The third-order valence-corrected chi connectivity index (χ3v) is 3.20. The van der Waals surface area contributed by atoms with Gasteiger partial charge in [0.2, 0.25) is 0 Å². The molecular weight excluding hydrogens is 264 g/mol. The van der Waals surface area contributed by atoms with Crippen LogP contribution in [0.1, 0.15) is 20.3 Å². The molecule has 1 N–H and O–H groups in total. The molecule has 1 aromatic rings. The summed E-state index contributed by atoms with van der Waals surface area (Å²) in [5.74, 6) is -0.128. The van der Waals surface area contributed by atoms with Gasteiger partial charge < -0.3 is 15.0 Å². The average molecular weight is 285 g/mol.